The fourth-order valence-corrected chi connectivity index (χ4v) is 3.69. The van der Waals surface area contributed by atoms with Crippen LogP contribution in [-0.4, -0.2) is 20.3 Å². The van der Waals surface area contributed by atoms with Crippen LogP contribution < -0.4 is 4.74 Å². The van der Waals surface area contributed by atoms with Crippen molar-refractivity contribution in [1.29, 1.82) is 0 Å². The van der Waals surface area contributed by atoms with E-state index in [1.807, 2.05) is 30.3 Å². The van der Waals surface area contributed by atoms with Crippen molar-refractivity contribution >= 4 is 0 Å². The van der Waals surface area contributed by atoms with Gasteiger partial charge in [0.2, 0.25) is 0 Å². The van der Waals surface area contributed by atoms with Crippen LogP contribution in [-0.2, 0) is 9.47 Å². The smallest absolute Gasteiger partial charge is 0.196 e. The molecule has 5 heteroatoms. The summed E-state index contributed by atoms with van der Waals surface area (Å²) in [5.74, 6) is -0.469. The molecule has 1 aromatic rings. The van der Waals surface area contributed by atoms with E-state index in [1.54, 1.807) is 0 Å². The van der Waals surface area contributed by atoms with Crippen LogP contribution in [0, 0.1) is 5.92 Å². The molecule has 3 nitrogen and oxygen atoms in total. The SMILES string of the molecule is C=CCCC1CCC(c2ccc(OCC3=C(F)C(F)=C(OC)CC3)cc2)OC1. The summed E-state index contributed by atoms with van der Waals surface area (Å²) < 4.78 is 44.4. The molecule has 0 amide bonds. The van der Waals surface area contributed by atoms with E-state index in [2.05, 4.69) is 6.58 Å². The fraction of sp³-hybridized carbons (Fsp3) is 0.478. The van der Waals surface area contributed by atoms with Crippen LogP contribution in [0.25, 0.3) is 0 Å². The second-order valence-electron chi connectivity index (χ2n) is 7.35. The standard InChI is InChI=1S/C23H28F2O3/c1-3-4-5-16-6-12-20(28-14-16)17-7-10-19(11-8-17)27-15-18-9-13-21(26-2)23(25)22(18)24/h3,7-8,10-11,16,20H,1,4-6,9,12-15H2,2H3. The Morgan fingerprint density at radius 3 is 2.57 bits per heavy atom. The Labute approximate surface area is 165 Å². The van der Waals surface area contributed by atoms with E-state index < -0.39 is 11.7 Å². The van der Waals surface area contributed by atoms with E-state index in [0.717, 1.165) is 37.9 Å². The summed E-state index contributed by atoms with van der Waals surface area (Å²) in [6.07, 6.45) is 7.15. The predicted molar refractivity (Wildman–Crippen MR) is 105 cm³/mol. The summed E-state index contributed by atoms with van der Waals surface area (Å²) in [5.41, 5.74) is 1.44. The Bertz CT molecular complexity index is 729. The average molecular weight is 390 g/mol. The molecule has 0 aromatic heterocycles. The number of methoxy groups -OCH3 is 1. The molecule has 1 aliphatic carbocycles. The molecule has 152 valence electrons. The van der Waals surface area contributed by atoms with Gasteiger partial charge in [-0.2, -0.15) is 0 Å². The van der Waals surface area contributed by atoms with Crippen molar-refractivity contribution in [3.8, 4) is 5.75 Å². The molecule has 3 rings (SSSR count). The van der Waals surface area contributed by atoms with Crippen LogP contribution in [0.2, 0.25) is 0 Å². The molecule has 2 aliphatic rings. The lowest BCUT2D eigenvalue weighted by molar-refractivity contribution is -0.0190. The number of hydrogen-bond donors (Lipinski definition) is 0. The topological polar surface area (TPSA) is 27.7 Å². The molecule has 0 N–H and O–H groups in total. The third-order valence-corrected chi connectivity index (χ3v) is 5.46. The number of ether oxygens (including phenoxy) is 3. The first kappa shape index (κ1) is 20.6. The number of benzene rings is 1. The van der Waals surface area contributed by atoms with E-state index in [-0.39, 0.29) is 18.5 Å². The lowest BCUT2D eigenvalue weighted by atomic mass is 9.91. The zero-order valence-corrected chi connectivity index (χ0v) is 16.4. The predicted octanol–water partition coefficient (Wildman–Crippen LogP) is 6.34. The Balaban J connectivity index is 1.52. The monoisotopic (exact) mass is 390 g/mol. The lowest BCUT2D eigenvalue weighted by Gasteiger charge is -2.29. The zero-order valence-electron chi connectivity index (χ0n) is 16.4. The van der Waals surface area contributed by atoms with Gasteiger partial charge in [-0.15, -0.1) is 6.58 Å². The van der Waals surface area contributed by atoms with Gasteiger partial charge >= 0.3 is 0 Å². The van der Waals surface area contributed by atoms with Crippen molar-refractivity contribution in [2.75, 3.05) is 20.3 Å². The number of allylic oxidation sites excluding steroid dienone is 4. The van der Waals surface area contributed by atoms with Gasteiger partial charge in [0, 0.05) is 12.0 Å². The van der Waals surface area contributed by atoms with E-state index >= 15 is 0 Å². The van der Waals surface area contributed by atoms with Crippen molar-refractivity contribution in [3.63, 3.8) is 0 Å². The molecule has 2 atom stereocenters. The highest BCUT2D eigenvalue weighted by Crippen LogP contribution is 2.34. The molecule has 1 saturated heterocycles. The van der Waals surface area contributed by atoms with Gasteiger partial charge in [-0.05, 0) is 55.7 Å². The maximum atomic E-state index is 14.1. The molecule has 0 saturated carbocycles. The highest BCUT2D eigenvalue weighted by atomic mass is 19.2. The summed E-state index contributed by atoms with van der Waals surface area (Å²) in [6.45, 7) is 4.59. The quantitative estimate of drug-likeness (QED) is 0.485. The van der Waals surface area contributed by atoms with E-state index in [9.17, 15) is 8.78 Å². The minimum Gasteiger partial charge on any atom is -0.498 e. The van der Waals surface area contributed by atoms with E-state index in [0.29, 0.717) is 30.1 Å². The summed E-state index contributed by atoms with van der Waals surface area (Å²) in [4.78, 5) is 0. The molecular formula is C23H28F2O3. The molecule has 1 fully saturated rings. The van der Waals surface area contributed by atoms with Crippen molar-refractivity contribution in [2.24, 2.45) is 5.92 Å². The van der Waals surface area contributed by atoms with Gasteiger partial charge in [-0.3, -0.25) is 0 Å². The number of rotatable bonds is 8. The lowest BCUT2D eigenvalue weighted by Crippen LogP contribution is -2.20. The van der Waals surface area contributed by atoms with Crippen molar-refractivity contribution < 1.29 is 23.0 Å². The number of hydrogen-bond acceptors (Lipinski definition) is 3. The van der Waals surface area contributed by atoms with Crippen LogP contribution in [0.4, 0.5) is 8.78 Å². The van der Waals surface area contributed by atoms with Gasteiger partial charge < -0.3 is 14.2 Å². The van der Waals surface area contributed by atoms with Crippen molar-refractivity contribution in [3.05, 3.63) is 65.5 Å². The van der Waals surface area contributed by atoms with Crippen LogP contribution in [0.15, 0.2) is 59.9 Å². The molecule has 0 radical (unpaired) electrons. The summed E-state index contributed by atoms with van der Waals surface area (Å²) in [7, 11) is 1.35. The Morgan fingerprint density at radius 2 is 1.93 bits per heavy atom. The van der Waals surface area contributed by atoms with Gasteiger partial charge in [0.1, 0.15) is 18.1 Å². The highest BCUT2D eigenvalue weighted by molar-refractivity contribution is 5.34. The molecule has 2 unspecified atom stereocenters. The van der Waals surface area contributed by atoms with Gasteiger partial charge in [0.15, 0.2) is 11.7 Å². The third-order valence-electron chi connectivity index (χ3n) is 5.46. The van der Waals surface area contributed by atoms with Crippen LogP contribution in [0.5, 0.6) is 5.75 Å². The number of halogens is 2. The molecule has 0 bridgehead atoms. The van der Waals surface area contributed by atoms with Gasteiger partial charge in [0.05, 0.1) is 19.8 Å². The minimum atomic E-state index is -0.913. The van der Waals surface area contributed by atoms with E-state index in [1.165, 1.54) is 7.11 Å². The van der Waals surface area contributed by atoms with Crippen molar-refractivity contribution in [2.45, 2.75) is 44.6 Å². The molecule has 0 spiro atoms. The van der Waals surface area contributed by atoms with Gasteiger partial charge in [-0.1, -0.05) is 18.2 Å². The van der Waals surface area contributed by atoms with Crippen LogP contribution in [0.3, 0.4) is 0 Å². The van der Waals surface area contributed by atoms with E-state index in [4.69, 9.17) is 14.2 Å². The Kier molecular flexibility index (Phi) is 7.26. The molecule has 1 aliphatic heterocycles. The molecular weight excluding hydrogens is 362 g/mol. The van der Waals surface area contributed by atoms with Crippen LogP contribution in [0.1, 0.15) is 50.2 Å². The molecule has 1 heterocycles. The maximum Gasteiger partial charge on any atom is 0.196 e. The first-order valence-corrected chi connectivity index (χ1v) is 9.88. The first-order chi connectivity index (χ1) is 13.6. The fourth-order valence-electron chi connectivity index (χ4n) is 3.69. The summed E-state index contributed by atoms with van der Waals surface area (Å²) >= 11 is 0. The molecule has 1 aromatic carbocycles. The van der Waals surface area contributed by atoms with Crippen molar-refractivity contribution in [1.82, 2.24) is 0 Å². The maximum absolute atomic E-state index is 14.1. The molecule has 28 heavy (non-hydrogen) atoms. The summed E-state index contributed by atoms with van der Waals surface area (Å²) in [5, 5.41) is 0. The second-order valence-corrected chi connectivity index (χ2v) is 7.35. The van der Waals surface area contributed by atoms with Crippen LogP contribution >= 0.6 is 0 Å². The Morgan fingerprint density at radius 1 is 1.14 bits per heavy atom. The zero-order chi connectivity index (χ0) is 19.9. The Hall–Kier alpha value is -2.14. The van der Waals surface area contributed by atoms with Gasteiger partial charge in [-0.25, -0.2) is 8.78 Å². The second kappa shape index (κ2) is 9.87. The normalized spacial score (nSPS) is 23.0. The average Bonchev–Trinajstić information content (AvgIpc) is 2.74. The largest absolute Gasteiger partial charge is 0.498 e. The highest BCUT2D eigenvalue weighted by Gasteiger charge is 2.24. The van der Waals surface area contributed by atoms with Gasteiger partial charge in [0.25, 0.3) is 0 Å². The third kappa shape index (κ3) is 5.02. The summed E-state index contributed by atoms with van der Waals surface area (Å²) in [6, 6.07) is 7.69. The minimum absolute atomic E-state index is 0.0283. The first-order valence-electron chi connectivity index (χ1n) is 9.88.